The fraction of sp³-hybridized carbons (Fsp3) is 0.500. The minimum atomic E-state index is -1.23. The van der Waals surface area contributed by atoms with Crippen LogP contribution in [0.15, 0.2) is 59.3 Å². The third kappa shape index (κ3) is 9.11. The highest BCUT2D eigenvalue weighted by Crippen LogP contribution is 2.39. The van der Waals surface area contributed by atoms with Crippen molar-refractivity contribution in [2.45, 2.75) is 70.1 Å². The van der Waals surface area contributed by atoms with Crippen molar-refractivity contribution >= 4 is 43.5 Å². The SMILES string of the molecule is C[Si](C)(C)CCOCN(COCC[Si](C)(C)C)c1c(Br)c(C2CCNCC2)nc2c(-c3ccc(-c4ccccc4)nc3)cnn12. The lowest BCUT2D eigenvalue weighted by atomic mass is 9.94. The molecule has 0 aliphatic carbocycles. The van der Waals surface area contributed by atoms with E-state index in [1.165, 1.54) is 0 Å². The number of hydrogen-bond acceptors (Lipinski definition) is 7. The number of nitrogens with zero attached hydrogens (tertiary/aromatic N) is 5. The van der Waals surface area contributed by atoms with Crippen LogP contribution in [0.5, 0.6) is 0 Å². The first-order valence-corrected chi connectivity index (χ1v) is 24.4. The molecule has 0 amide bonds. The zero-order valence-corrected chi connectivity index (χ0v) is 31.4. The van der Waals surface area contributed by atoms with Gasteiger partial charge in [-0.25, -0.2) is 4.98 Å². The standard InChI is InChI=1S/C34H49BrN6O2Si2/c1-44(2,3)20-18-42-24-40(25-43-19-21-45(4,5)6)34-31(35)32(27-14-16-36-17-15-27)39-33-29(23-38-41(33)34)28-12-13-30(37-22-28)26-10-8-7-9-11-26/h7-13,22-23,27,36H,14-21,24-25H2,1-6H3. The van der Waals surface area contributed by atoms with E-state index in [0.29, 0.717) is 19.4 Å². The van der Waals surface area contributed by atoms with Crippen LogP contribution in [0.1, 0.15) is 24.5 Å². The summed E-state index contributed by atoms with van der Waals surface area (Å²) in [4.78, 5) is 12.3. The predicted molar refractivity (Wildman–Crippen MR) is 195 cm³/mol. The highest BCUT2D eigenvalue weighted by molar-refractivity contribution is 9.10. The van der Waals surface area contributed by atoms with Crippen LogP contribution in [0.25, 0.3) is 28.0 Å². The minimum absolute atomic E-state index is 0.341. The van der Waals surface area contributed by atoms with Crippen molar-refractivity contribution in [3.8, 4) is 22.4 Å². The molecule has 0 radical (unpaired) electrons. The van der Waals surface area contributed by atoms with Crippen LogP contribution in [0, 0.1) is 0 Å². The van der Waals surface area contributed by atoms with E-state index < -0.39 is 16.1 Å². The van der Waals surface area contributed by atoms with E-state index in [1.807, 2.05) is 35.1 Å². The summed E-state index contributed by atoms with van der Waals surface area (Å²) in [7, 11) is -2.45. The number of hydrogen-bond donors (Lipinski definition) is 1. The Morgan fingerprint density at radius 2 is 1.51 bits per heavy atom. The van der Waals surface area contributed by atoms with Gasteiger partial charge in [0.05, 0.1) is 22.1 Å². The Hall–Kier alpha value is -2.42. The lowest BCUT2D eigenvalue weighted by molar-refractivity contribution is 0.0941. The number of ether oxygens (including phenoxy) is 2. The molecule has 1 fully saturated rings. The van der Waals surface area contributed by atoms with Gasteiger partial charge < -0.3 is 19.7 Å². The normalized spacial score (nSPS) is 14.7. The van der Waals surface area contributed by atoms with E-state index >= 15 is 0 Å². The second-order valence-electron chi connectivity index (χ2n) is 14.5. The maximum atomic E-state index is 6.35. The van der Waals surface area contributed by atoms with Crippen LogP contribution in [0.2, 0.25) is 51.4 Å². The second-order valence-corrected chi connectivity index (χ2v) is 26.5. The molecule has 4 aromatic rings. The Morgan fingerprint density at radius 3 is 2.09 bits per heavy atom. The van der Waals surface area contributed by atoms with E-state index in [2.05, 4.69) is 89.7 Å². The van der Waals surface area contributed by atoms with Crippen molar-refractivity contribution in [3.05, 3.63) is 65.0 Å². The Morgan fingerprint density at radius 1 is 0.867 bits per heavy atom. The third-order valence-electron chi connectivity index (χ3n) is 8.25. The molecule has 0 unspecified atom stereocenters. The molecule has 1 saturated heterocycles. The van der Waals surface area contributed by atoms with Crippen molar-refractivity contribution < 1.29 is 9.47 Å². The summed E-state index contributed by atoms with van der Waals surface area (Å²) in [5.41, 5.74) is 5.89. The van der Waals surface area contributed by atoms with Crippen LogP contribution in [-0.2, 0) is 9.47 Å². The van der Waals surface area contributed by atoms with E-state index in [0.717, 1.165) is 95.2 Å². The maximum absolute atomic E-state index is 6.35. The van der Waals surface area contributed by atoms with Gasteiger partial charge in [0.25, 0.3) is 0 Å². The van der Waals surface area contributed by atoms with Gasteiger partial charge in [0, 0.05) is 58.2 Å². The molecule has 5 rings (SSSR count). The van der Waals surface area contributed by atoms with Crippen molar-refractivity contribution in [1.29, 1.82) is 0 Å². The first kappa shape index (κ1) is 33.9. The average Bonchev–Trinajstić information content (AvgIpc) is 3.44. The van der Waals surface area contributed by atoms with Crippen LogP contribution in [-0.4, -0.2) is 75.5 Å². The fourth-order valence-corrected chi connectivity index (χ4v) is 7.76. The number of aromatic nitrogens is 4. The van der Waals surface area contributed by atoms with Gasteiger partial charge in [0.1, 0.15) is 13.5 Å². The Kier molecular flexibility index (Phi) is 11.3. The molecule has 0 spiro atoms. The molecule has 8 nitrogen and oxygen atoms in total. The van der Waals surface area contributed by atoms with Crippen molar-refractivity contribution in [1.82, 2.24) is 24.9 Å². The molecule has 0 atom stereocenters. The van der Waals surface area contributed by atoms with Gasteiger partial charge in [0.2, 0.25) is 0 Å². The zero-order valence-electron chi connectivity index (χ0n) is 27.8. The summed E-state index contributed by atoms with van der Waals surface area (Å²) in [5, 5.41) is 8.43. The summed E-state index contributed by atoms with van der Waals surface area (Å²) >= 11 is 4.03. The number of fused-ring (bicyclic) bond motifs is 1. The molecule has 11 heteroatoms. The Labute approximate surface area is 279 Å². The molecule has 3 aromatic heterocycles. The molecule has 1 N–H and O–H groups in total. The highest BCUT2D eigenvalue weighted by Gasteiger charge is 2.28. The summed E-state index contributed by atoms with van der Waals surface area (Å²) in [6.45, 7) is 18.6. The topological polar surface area (TPSA) is 76.8 Å². The van der Waals surface area contributed by atoms with Crippen molar-refractivity contribution in [2.75, 3.05) is 44.7 Å². The first-order chi connectivity index (χ1) is 21.5. The predicted octanol–water partition coefficient (Wildman–Crippen LogP) is 8.12. The zero-order chi connectivity index (χ0) is 32.0. The summed E-state index contributed by atoms with van der Waals surface area (Å²) in [5.74, 6) is 1.27. The van der Waals surface area contributed by atoms with Gasteiger partial charge in [-0.3, -0.25) is 4.98 Å². The van der Waals surface area contributed by atoms with E-state index in [-0.39, 0.29) is 0 Å². The maximum Gasteiger partial charge on any atom is 0.165 e. The molecule has 1 aliphatic heterocycles. The number of pyridine rings is 1. The van der Waals surface area contributed by atoms with Gasteiger partial charge >= 0.3 is 0 Å². The number of benzene rings is 1. The fourth-order valence-electron chi connectivity index (χ4n) is 5.42. The largest absolute Gasteiger partial charge is 0.361 e. The van der Waals surface area contributed by atoms with Crippen LogP contribution in [0.3, 0.4) is 0 Å². The smallest absolute Gasteiger partial charge is 0.165 e. The number of piperidine rings is 1. The molecule has 1 aromatic carbocycles. The monoisotopic (exact) mass is 708 g/mol. The van der Waals surface area contributed by atoms with Gasteiger partial charge in [0.15, 0.2) is 11.5 Å². The number of halogens is 1. The molecule has 1 aliphatic rings. The molecule has 45 heavy (non-hydrogen) atoms. The highest BCUT2D eigenvalue weighted by atomic mass is 79.9. The van der Waals surface area contributed by atoms with Gasteiger partial charge in [-0.15, -0.1) is 0 Å². The van der Waals surface area contributed by atoms with Crippen LogP contribution >= 0.6 is 15.9 Å². The van der Waals surface area contributed by atoms with Crippen LogP contribution in [0.4, 0.5) is 5.82 Å². The quantitative estimate of drug-likeness (QED) is 0.0806. The molecule has 4 heterocycles. The number of anilines is 1. The minimum Gasteiger partial charge on any atom is -0.361 e. The van der Waals surface area contributed by atoms with E-state index in [9.17, 15) is 0 Å². The average molecular weight is 710 g/mol. The Balaban J connectivity index is 1.54. The lowest BCUT2D eigenvalue weighted by Gasteiger charge is -2.29. The lowest BCUT2D eigenvalue weighted by Crippen LogP contribution is -2.34. The molecule has 0 bridgehead atoms. The van der Waals surface area contributed by atoms with Crippen molar-refractivity contribution in [2.24, 2.45) is 0 Å². The first-order valence-electron chi connectivity index (χ1n) is 16.2. The second kappa shape index (κ2) is 15.0. The number of nitrogens with one attached hydrogen (secondary N) is 1. The third-order valence-corrected chi connectivity index (χ3v) is 12.4. The molecular weight excluding hydrogens is 660 g/mol. The van der Waals surface area contributed by atoms with Gasteiger partial charge in [-0.05, 0) is 60.0 Å². The van der Waals surface area contributed by atoms with Gasteiger partial charge in [-0.1, -0.05) is 75.7 Å². The Bertz CT molecular complexity index is 1510. The summed E-state index contributed by atoms with van der Waals surface area (Å²) in [6.07, 6.45) is 5.93. The molecule has 0 saturated carbocycles. The molecular formula is C34H49BrN6O2Si2. The van der Waals surface area contributed by atoms with E-state index in [1.54, 1.807) is 0 Å². The van der Waals surface area contributed by atoms with E-state index in [4.69, 9.17) is 24.5 Å². The summed E-state index contributed by atoms with van der Waals surface area (Å²) < 4.78 is 15.6. The molecule has 242 valence electrons. The van der Waals surface area contributed by atoms with Gasteiger partial charge in [-0.2, -0.15) is 9.61 Å². The van der Waals surface area contributed by atoms with Crippen LogP contribution < -0.4 is 10.2 Å². The number of rotatable bonds is 14. The summed E-state index contributed by atoms with van der Waals surface area (Å²) in [6, 6.07) is 16.7. The van der Waals surface area contributed by atoms with Crippen molar-refractivity contribution in [3.63, 3.8) is 0 Å².